The van der Waals surface area contributed by atoms with Gasteiger partial charge in [-0.05, 0) is 67.0 Å². The Morgan fingerprint density at radius 2 is 1.55 bits per heavy atom. The van der Waals surface area contributed by atoms with Gasteiger partial charge in [-0.3, -0.25) is 4.79 Å². The molecule has 3 nitrogen and oxygen atoms in total. The predicted molar refractivity (Wildman–Crippen MR) is 88.7 cm³/mol. The molecule has 0 N–H and O–H groups in total. The van der Waals surface area contributed by atoms with Crippen molar-refractivity contribution < 1.29 is 14.3 Å². The summed E-state index contributed by atoms with van der Waals surface area (Å²) in [4.78, 5) is 12.4. The molecule has 22 heavy (non-hydrogen) atoms. The summed E-state index contributed by atoms with van der Waals surface area (Å²) in [6, 6.07) is 13.2. The number of aryl methyl sites for hydroxylation is 1. The Morgan fingerprint density at radius 3 is 2.14 bits per heavy atom. The molecule has 0 heterocycles. The van der Waals surface area contributed by atoms with Crippen LogP contribution in [-0.4, -0.2) is 20.0 Å². The van der Waals surface area contributed by atoms with Gasteiger partial charge in [-0.15, -0.1) is 0 Å². The van der Waals surface area contributed by atoms with E-state index in [-0.39, 0.29) is 5.78 Å². The number of carbonyl (C=O) groups excluding carboxylic acids is 1. The quantitative estimate of drug-likeness (QED) is 0.609. The van der Waals surface area contributed by atoms with E-state index in [4.69, 9.17) is 9.47 Å². The Balaban J connectivity index is 2.26. The highest BCUT2D eigenvalue weighted by Crippen LogP contribution is 2.21. The molecule has 2 rings (SSSR count). The number of ketones is 1. The molecule has 114 valence electrons. The van der Waals surface area contributed by atoms with Crippen molar-refractivity contribution in [2.75, 3.05) is 14.2 Å². The van der Waals surface area contributed by atoms with Crippen molar-refractivity contribution in [3.63, 3.8) is 0 Å². The van der Waals surface area contributed by atoms with Crippen LogP contribution in [0, 0.1) is 6.92 Å². The summed E-state index contributed by atoms with van der Waals surface area (Å²) in [5, 5.41) is 0. The van der Waals surface area contributed by atoms with Crippen LogP contribution in [0.1, 0.15) is 28.4 Å². The molecule has 0 atom stereocenters. The molecule has 0 radical (unpaired) electrons. The largest absolute Gasteiger partial charge is 0.497 e. The number of rotatable bonds is 5. The maximum atomic E-state index is 12.4. The molecule has 0 aliphatic rings. The second kappa shape index (κ2) is 6.94. The second-order valence-corrected chi connectivity index (χ2v) is 5.16. The maximum absolute atomic E-state index is 12.4. The Morgan fingerprint density at radius 1 is 0.909 bits per heavy atom. The molecule has 0 amide bonds. The van der Waals surface area contributed by atoms with Crippen LogP contribution in [0.15, 0.2) is 48.5 Å². The lowest BCUT2D eigenvalue weighted by molar-refractivity contribution is 0.104. The van der Waals surface area contributed by atoms with Gasteiger partial charge in [0.15, 0.2) is 5.78 Å². The first-order chi connectivity index (χ1) is 10.5. The fourth-order valence-corrected chi connectivity index (χ4v) is 2.23. The van der Waals surface area contributed by atoms with Crippen LogP contribution in [0.5, 0.6) is 11.5 Å². The minimum absolute atomic E-state index is 0.0321. The summed E-state index contributed by atoms with van der Waals surface area (Å²) >= 11 is 0. The number of methoxy groups -OCH3 is 2. The van der Waals surface area contributed by atoms with Crippen LogP contribution in [0.2, 0.25) is 0 Å². The van der Waals surface area contributed by atoms with Gasteiger partial charge in [-0.1, -0.05) is 12.1 Å². The fourth-order valence-electron chi connectivity index (χ4n) is 2.23. The standard InChI is InChI=1S/C19H20O3/c1-13-9-16(12-18(10-13)22-4)19(20)11-14(2)15-5-7-17(21-3)8-6-15/h5-12H,1-4H3/b14-11+. The average molecular weight is 296 g/mol. The van der Waals surface area contributed by atoms with E-state index in [1.165, 1.54) is 0 Å². The molecule has 0 fully saturated rings. The van der Waals surface area contributed by atoms with E-state index in [0.717, 1.165) is 22.4 Å². The molecule has 3 heteroatoms. The van der Waals surface area contributed by atoms with Gasteiger partial charge in [-0.25, -0.2) is 0 Å². The van der Waals surface area contributed by atoms with Crippen LogP contribution < -0.4 is 9.47 Å². The Hall–Kier alpha value is -2.55. The third-order valence-electron chi connectivity index (χ3n) is 3.46. The van der Waals surface area contributed by atoms with E-state index in [9.17, 15) is 4.79 Å². The summed E-state index contributed by atoms with van der Waals surface area (Å²) in [6.07, 6.45) is 1.65. The molecule has 0 bridgehead atoms. The molecule has 0 unspecified atom stereocenters. The van der Waals surface area contributed by atoms with Gasteiger partial charge in [0.05, 0.1) is 14.2 Å². The smallest absolute Gasteiger partial charge is 0.186 e. The number of allylic oxidation sites excluding steroid dienone is 2. The Labute approximate surface area is 131 Å². The average Bonchev–Trinajstić information content (AvgIpc) is 2.54. The lowest BCUT2D eigenvalue weighted by Gasteiger charge is -2.06. The molecule has 0 aromatic heterocycles. The van der Waals surface area contributed by atoms with Crippen molar-refractivity contribution in [1.29, 1.82) is 0 Å². The number of benzene rings is 2. The van der Waals surface area contributed by atoms with Gasteiger partial charge in [0.25, 0.3) is 0 Å². The lowest BCUT2D eigenvalue weighted by Crippen LogP contribution is -1.98. The monoisotopic (exact) mass is 296 g/mol. The summed E-state index contributed by atoms with van der Waals surface area (Å²) < 4.78 is 10.4. The molecule has 0 aliphatic carbocycles. The molecule has 0 spiro atoms. The van der Waals surface area contributed by atoms with Crippen LogP contribution in [0.4, 0.5) is 0 Å². The van der Waals surface area contributed by atoms with Crippen LogP contribution in [0.25, 0.3) is 5.57 Å². The first kappa shape index (κ1) is 15.8. The van der Waals surface area contributed by atoms with E-state index in [2.05, 4.69) is 0 Å². The molecule has 0 saturated carbocycles. The minimum atomic E-state index is -0.0321. The zero-order valence-corrected chi connectivity index (χ0v) is 13.3. The Bertz CT molecular complexity index is 697. The van der Waals surface area contributed by atoms with Gasteiger partial charge in [0.2, 0.25) is 0 Å². The van der Waals surface area contributed by atoms with E-state index >= 15 is 0 Å². The molecular formula is C19H20O3. The van der Waals surface area contributed by atoms with Crippen molar-refractivity contribution >= 4 is 11.4 Å². The highest BCUT2D eigenvalue weighted by atomic mass is 16.5. The van der Waals surface area contributed by atoms with E-state index < -0.39 is 0 Å². The summed E-state index contributed by atoms with van der Waals surface area (Å²) in [6.45, 7) is 3.87. The molecular weight excluding hydrogens is 276 g/mol. The van der Waals surface area contributed by atoms with Crippen molar-refractivity contribution in [3.8, 4) is 11.5 Å². The van der Waals surface area contributed by atoms with Crippen LogP contribution in [0.3, 0.4) is 0 Å². The van der Waals surface area contributed by atoms with Crippen LogP contribution >= 0.6 is 0 Å². The summed E-state index contributed by atoms with van der Waals surface area (Å²) in [7, 11) is 3.23. The molecule has 2 aromatic carbocycles. The fraction of sp³-hybridized carbons (Fsp3) is 0.211. The SMILES string of the molecule is COc1ccc(/C(C)=C/C(=O)c2cc(C)cc(OC)c2)cc1. The number of carbonyl (C=O) groups is 1. The van der Waals surface area contributed by atoms with Crippen molar-refractivity contribution in [2.45, 2.75) is 13.8 Å². The highest BCUT2D eigenvalue weighted by molar-refractivity contribution is 6.08. The minimum Gasteiger partial charge on any atom is -0.497 e. The van der Waals surface area contributed by atoms with Gasteiger partial charge >= 0.3 is 0 Å². The zero-order chi connectivity index (χ0) is 16.1. The molecule has 2 aromatic rings. The second-order valence-electron chi connectivity index (χ2n) is 5.16. The summed E-state index contributed by atoms with van der Waals surface area (Å²) in [5.74, 6) is 1.46. The van der Waals surface area contributed by atoms with E-state index in [0.29, 0.717) is 11.3 Å². The van der Waals surface area contributed by atoms with Crippen molar-refractivity contribution in [2.24, 2.45) is 0 Å². The van der Waals surface area contributed by atoms with E-state index in [1.807, 2.05) is 50.2 Å². The number of hydrogen-bond acceptors (Lipinski definition) is 3. The van der Waals surface area contributed by atoms with Gasteiger partial charge < -0.3 is 9.47 Å². The first-order valence-corrected chi connectivity index (χ1v) is 7.06. The topological polar surface area (TPSA) is 35.5 Å². The van der Waals surface area contributed by atoms with Gasteiger partial charge in [0, 0.05) is 5.56 Å². The Kier molecular flexibility index (Phi) is 4.99. The van der Waals surface area contributed by atoms with Crippen LogP contribution in [-0.2, 0) is 0 Å². The third-order valence-corrected chi connectivity index (χ3v) is 3.46. The highest BCUT2D eigenvalue weighted by Gasteiger charge is 2.07. The summed E-state index contributed by atoms with van der Waals surface area (Å²) in [5.41, 5.74) is 3.53. The van der Waals surface area contributed by atoms with Gasteiger partial charge in [0.1, 0.15) is 11.5 Å². The number of hydrogen-bond donors (Lipinski definition) is 0. The van der Waals surface area contributed by atoms with Crippen molar-refractivity contribution in [1.82, 2.24) is 0 Å². The zero-order valence-electron chi connectivity index (χ0n) is 13.3. The first-order valence-electron chi connectivity index (χ1n) is 7.06. The lowest BCUT2D eigenvalue weighted by atomic mass is 10.0. The predicted octanol–water partition coefficient (Wildman–Crippen LogP) is 4.30. The maximum Gasteiger partial charge on any atom is 0.186 e. The molecule has 0 aliphatic heterocycles. The van der Waals surface area contributed by atoms with Gasteiger partial charge in [-0.2, -0.15) is 0 Å². The number of ether oxygens (including phenoxy) is 2. The van der Waals surface area contributed by atoms with E-state index in [1.54, 1.807) is 26.4 Å². The normalized spacial score (nSPS) is 11.2. The third kappa shape index (κ3) is 3.76. The van der Waals surface area contributed by atoms with Crippen molar-refractivity contribution in [3.05, 3.63) is 65.2 Å². The molecule has 0 saturated heterocycles.